The number of anilines is 1. The van der Waals surface area contributed by atoms with Gasteiger partial charge in [-0.3, -0.25) is 9.59 Å². The second-order valence-corrected chi connectivity index (χ2v) is 5.19. The summed E-state index contributed by atoms with van der Waals surface area (Å²) < 4.78 is 9.13. The molecule has 7 heteroatoms. The number of pyridine rings is 1. The van der Waals surface area contributed by atoms with E-state index < -0.39 is 24.3 Å². The Morgan fingerprint density at radius 3 is 2.40 bits per heavy atom. The molecule has 0 aliphatic carbocycles. The summed E-state index contributed by atoms with van der Waals surface area (Å²) in [6.45, 7) is 0. The third-order valence-electron chi connectivity index (χ3n) is 3.38. The summed E-state index contributed by atoms with van der Waals surface area (Å²) >= 11 is 0. The molecular weight excluding hydrogens is 324 g/mol. The van der Waals surface area contributed by atoms with Crippen LogP contribution in [0.25, 0.3) is 0 Å². The number of amides is 1. The van der Waals surface area contributed by atoms with Crippen LogP contribution in [0.2, 0.25) is 0 Å². The molecule has 2 rings (SSSR count). The van der Waals surface area contributed by atoms with Crippen LogP contribution in [-0.2, 0) is 25.5 Å². The van der Waals surface area contributed by atoms with Gasteiger partial charge in [-0.25, -0.2) is 9.78 Å². The van der Waals surface area contributed by atoms with E-state index in [-0.39, 0.29) is 11.4 Å². The molecule has 1 N–H and O–H groups in total. The number of hydrogen-bond donors (Lipinski definition) is 1. The van der Waals surface area contributed by atoms with Crippen molar-refractivity contribution >= 4 is 23.5 Å². The zero-order valence-electron chi connectivity index (χ0n) is 13.9. The number of nitrogens with one attached hydrogen (secondary N) is 1. The van der Waals surface area contributed by atoms with Crippen molar-refractivity contribution in [2.75, 3.05) is 19.5 Å². The van der Waals surface area contributed by atoms with Crippen molar-refractivity contribution in [3.8, 4) is 0 Å². The first kappa shape index (κ1) is 18.1. The third-order valence-corrected chi connectivity index (χ3v) is 3.38. The Bertz CT molecular complexity index is 774. The molecule has 0 spiro atoms. The Balaban J connectivity index is 2.26. The fraction of sp³-hybridized carbons (Fsp3) is 0.222. The highest BCUT2D eigenvalue weighted by Gasteiger charge is 2.18. The van der Waals surface area contributed by atoms with E-state index in [1.807, 2.05) is 30.3 Å². The number of benzene rings is 1. The molecule has 1 amide bonds. The molecule has 0 aliphatic heterocycles. The summed E-state index contributed by atoms with van der Waals surface area (Å²) in [6.07, 6.45) is 1.67. The smallest absolute Gasteiger partial charge is 0.358 e. The van der Waals surface area contributed by atoms with E-state index in [4.69, 9.17) is 0 Å². The lowest BCUT2D eigenvalue weighted by Crippen LogP contribution is -2.20. The maximum atomic E-state index is 11.9. The van der Waals surface area contributed by atoms with Crippen LogP contribution in [0.3, 0.4) is 0 Å². The van der Waals surface area contributed by atoms with Crippen LogP contribution < -0.4 is 5.32 Å². The summed E-state index contributed by atoms with van der Waals surface area (Å²) in [5.74, 6) is -1.96. The minimum absolute atomic E-state index is 0.0301. The number of ether oxygens (including phenoxy) is 2. The van der Waals surface area contributed by atoms with E-state index >= 15 is 0 Å². The number of methoxy groups -OCH3 is 2. The Labute approximate surface area is 145 Å². The molecule has 2 aromatic rings. The summed E-state index contributed by atoms with van der Waals surface area (Å²) in [4.78, 5) is 39.1. The second-order valence-electron chi connectivity index (χ2n) is 5.19. The fourth-order valence-corrected chi connectivity index (χ4v) is 2.19. The maximum Gasteiger partial charge on any atom is 0.358 e. The highest BCUT2D eigenvalue weighted by atomic mass is 16.5. The summed E-state index contributed by atoms with van der Waals surface area (Å²) in [7, 11) is 2.42. The van der Waals surface area contributed by atoms with Gasteiger partial charge in [-0.1, -0.05) is 30.3 Å². The lowest BCUT2D eigenvalue weighted by molar-refractivity contribution is -0.142. The topological polar surface area (TPSA) is 94.6 Å². The van der Waals surface area contributed by atoms with Gasteiger partial charge in [0.05, 0.1) is 19.9 Å². The predicted molar refractivity (Wildman–Crippen MR) is 90.1 cm³/mol. The Kier molecular flexibility index (Phi) is 6.22. The molecule has 0 saturated heterocycles. The van der Waals surface area contributed by atoms with Gasteiger partial charge < -0.3 is 14.8 Å². The highest BCUT2D eigenvalue weighted by Crippen LogP contribution is 2.19. The zero-order valence-corrected chi connectivity index (χ0v) is 13.9. The molecule has 1 aromatic heterocycles. The lowest BCUT2D eigenvalue weighted by Gasteiger charge is -2.11. The number of carbonyl (C=O) groups is 3. The average molecular weight is 342 g/mol. The minimum Gasteiger partial charge on any atom is -0.469 e. The van der Waals surface area contributed by atoms with E-state index in [9.17, 15) is 14.4 Å². The first-order chi connectivity index (χ1) is 12.0. The number of hydrogen-bond acceptors (Lipinski definition) is 6. The van der Waals surface area contributed by atoms with Gasteiger partial charge in [0.25, 0.3) is 0 Å². The fourth-order valence-electron chi connectivity index (χ4n) is 2.19. The standard InChI is InChI=1S/C18H18N2O5/c1-24-16(22)10-15(21)20-14-9-13(8-12-6-4-3-5-7-12)11-19-17(14)18(23)25-2/h3-7,9,11H,8,10H2,1-2H3,(H,20,21). The summed E-state index contributed by atoms with van der Waals surface area (Å²) in [5.41, 5.74) is 2.01. The quantitative estimate of drug-likeness (QED) is 0.637. The van der Waals surface area contributed by atoms with E-state index in [1.54, 1.807) is 12.3 Å². The summed E-state index contributed by atoms with van der Waals surface area (Å²) in [5, 5.41) is 2.51. The van der Waals surface area contributed by atoms with E-state index in [0.717, 1.165) is 11.1 Å². The second kappa shape index (κ2) is 8.58. The van der Waals surface area contributed by atoms with Gasteiger partial charge in [-0.2, -0.15) is 0 Å². The third kappa shape index (κ3) is 5.13. The van der Waals surface area contributed by atoms with Gasteiger partial charge in [0.2, 0.25) is 5.91 Å². The van der Waals surface area contributed by atoms with E-state index in [0.29, 0.717) is 6.42 Å². The Hall–Kier alpha value is -3.22. The van der Waals surface area contributed by atoms with Gasteiger partial charge >= 0.3 is 11.9 Å². The molecule has 1 heterocycles. The number of nitrogens with zero attached hydrogens (tertiary/aromatic N) is 1. The molecule has 0 bridgehead atoms. The van der Waals surface area contributed by atoms with Crippen LogP contribution in [0.1, 0.15) is 28.0 Å². The minimum atomic E-state index is -0.681. The largest absolute Gasteiger partial charge is 0.469 e. The maximum absolute atomic E-state index is 11.9. The van der Waals surface area contributed by atoms with Crippen molar-refractivity contribution in [1.29, 1.82) is 0 Å². The first-order valence-corrected chi connectivity index (χ1v) is 7.51. The zero-order chi connectivity index (χ0) is 18.2. The number of carbonyl (C=O) groups excluding carboxylic acids is 3. The molecule has 0 radical (unpaired) electrons. The van der Waals surface area contributed by atoms with E-state index in [1.165, 1.54) is 14.2 Å². The van der Waals surface area contributed by atoms with E-state index in [2.05, 4.69) is 19.8 Å². The number of esters is 2. The average Bonchev–Trinajstić information content (AvgIpc) is 2.62. The van der Waals surface area contributed by atoms with Gasteiger partial charge in [0.1, 0.15) is 6.42 Å². The van der Waals surface area contributed by atoms with Crippen LogP contribution in [0.4, 0.5) is 5.69 Å². The SMILES string of the molecule is COC(=O)CC(=O)Nc1cc(Cc2ccccc2)cnc1C(=O)OC. The predicted octanol–water partition coefficient (Wildman–Crippen LogP) is 1.96. The van der Waals surface area contributed by atoms with Crippen molar-refractivity contribution in [2.45, 2.75) is 12.8 Å². The molecule has 0 aliphatic rings. The normalized spacial score (nSPS) is 10.0. The van der Waals surface area contributed by atoms with Crippen LogP contribution in [0.15, 0.2) is 42.6 Å². The molecule has 25 heavy (non-hydrogen) atoms. The molecule has 130 valence electrons. The molecule has 0 saturated carbocycles. The van der Waals surface area contributed by atoms with Gasteiger partial charge in [-0.05, 0) is 23.6 Å². The molecule has 0 unspecified atom stereocenters. The van der Waals surface area contributed by atoms with Crippen LogP contribution in [-0.4, -0.2) is 37.0 Å². The van der Waals surface area contributed by atoms with Gasteiger partial charge in [0, 0.05) is 6.20 Å². The number of aromatic nitrogens is 1. The molecule has 0 atom stereocenters. The lowest BCUT2D eigenvalue weighted by atomic mass is 10.1. The highest BCUT2D eigenvalue weighted by molar-refractivity contribution is 6.05. The van der Waals surface area contributed by atoms with Crippen molar-refractivity contribution in [3.05, 3.63) is 59.4 Å². The van der Waals surface area contributed by atoms with Crippen molar-refractivity contribution in [1.82, 2.24) is 4.98 Å². The molecular formula is C18H18N2O5. The first-order valence-electron chi connectivity index (χ1n) is 7.51. The van der Waals surface area contributed by atoms with Gasteiger partial charge in [-0.15, -0.1) is 0 Å². The van der Waals surface area contributed by atoms with Crippen LogP contribution in [0.5, 0.6) is 0 Å². The van der Waals surface area contributed by atoms with Gasteiger partial charge in [0.15, 0.2) is 5.69 Å². The van der Waals surface area contributed by atoms with Crippen molar-refractivity contribution < 1.29 is 23.9 Å². The monoisotopic (exact) mass is 342 g/mol. The Morgan fingerprint density at radius 1 is 1.04 bits per heavy atom. The number of rotatable bonds is 6. The molecule has 7 nitrogen and oxygen atoms in total. The van der Waals surface area contributed by atoms with Crippen LogP contribution >= 0.6 is 0 Å². The van der Waals surface area contributed by atoms with Crippen molar-refractivity contribution in [3.63, 3.8) is 0 Å². The molecule has 0 fully saturated rings. The van der Waals surface area contributed by atoms with Crippen molar-refractivity contribution in [2.24, 2.45) is 0 Å². The Morgan fingerprint density at radius 2 is 1.76 bits per heavy atom. The van der Waals surface area contributed by atoms with Crippen LogP contribution in [0, 0.1) is 0 Å². The summed E-state index contributed by atoms with van der Waals surface area (Å²) in [6, 6.07) is 11.3. The molecule has 1 aromatic carbocycles.